The molecule has 0 bridgehead atoms. The molecule has 0 saturated carbocycles. The van der Waals surface area contributed by atoms with Gasteiger partial charge in [0.25, 0.3) is 0 Å². The average Bonchev–Trinajstić information content (AvgIpc) is 0.898. The second-order valence-electron chi connectivity index (χ2n) is 22.2. The maximum atomic E-state index is 5.89. The van der Waals surface area contributed by atoms with Crippen molar-refractivity contribution in [3.05, 3.63) is 436 Å². The molecule has 0 radical (unpaired) electrons. The molecule has 3 nitrogen and oxygen atoms in total. The summed E-state index contributed by atoms with van der Waals surface area (Å²) >= 11 is 0. The molecule has 15 rings (SSSR count). The number of nitrogen functional groups attached to an aromatic ring is 1. The normalized spacial score (nSPS) is 10.4. The SMILES string of the molecule is Cc1ccc(Oc2ccc(-c3cccnc3N)cc2)cc1.[Pd].c1ccc(P(c2ccccc2)c2ccccc2)cc1.c1ccc(P(c2ccccc2)c2ccccc2)cc1.c1ccc(P(c2ccccc2)c2ccccc2)cc1.c1ccc(P(c2ccccc2)c2ccccc2)cc1. The summed E-state index contributed by atoms with van der Waals surface area (Å²) in [4.78, 5) is 4.10. The first-order chi connectivity index (χ1) is 48.0. The molecule has 1 heterocycles. The summed E-state index contributed by atoms with van der Waals surface area (Å²) in [5.74, 6) is 2.16. The van der Waals surface area contributed by atoms with Gasteiger partial charge < -0.3 is 10.5 Å². The van der Waals surface area contributed by atoms with E-state index in [1.54, 1.807) is 6.20 Å². The Hall–Kier alpha value is -9.79. The molecule has 0 aliphatic heterocycles. The summed E-state index contributed by atoms with van der Waals surface area (Å²) in [6.45, 7) is 2.05. The predicted octanol–water partition coefficient (Wildman–Crippen LogP) is 18.2. The summed E-state index contributed by atoms with van der Waals surface area (Å²) in [5.41, 5.74) is 9.05. The van der Waals surface area contributed by atoms with Gasteiger partial charge in [0.1, 0.15) is 17.3 Å². The Morgan fingerprint density at radius 2 is 0.408 bits per heavy atom. The van der Waals surface area contributed by atoms with Gasteiger partial charge in [-0.1, -0.05) is 394 Å². The van der Waals surface area contributed by atoms with Crippen molar-refractivity contribution < 1.29 is 25.2 Å². The van der Waals surface area contributed by atoms with Crippen molar-refractivity contribution in [2.75, 3.05) is 5.73 Å². The molecule has 0 saturated heterocycles. The van der Waals surface area contributed by atoms with E-state index in [0.29, 0.717) is 5.82 Å². The van der Waals surface area contributed by atoms with Crippen molar-refractivity contribution in [3.63, 3.8) is 0 Å². The van der Waals surface area contributed by atoms with Gasteiger partial charge in [-0.05, 0) is 144 Å². The zero-order valence-corrected chi connectivity index (χ0v) is 59.7. The molecule has 0 amide bonds. The van der Waals surface area contributed by atoms with E-state index >= 15 is 0 Å². The molecule has 1 aromatic heterocycles. The second kappa shape index (κ2) is 38.8. The van der Waals surface area contributed by atoms with E-state index in [-0.39, 0.29) is 20.4 Å². The smallest absolute Gasteiger partial charge is 0.131 e. The number of rotatable bonds is 15. The fourth-order valence-corrected chi connectivity index (χ4v) is 20.0. The Morgan fingerprint density at radius 1 is 0.224 bits per heavy atom. The molecule has 14 aromatic carbocycles. The summed E-state index contributed by atoms with van der Waals surface area (Å²) < 4.78 is 5.81. The first-order valence-electron chi connectivity index (χ1n) is 32.4. The van der Waals surface area contributed by atoms with Crippen LogP contribution in [0.25, 0.3) is 11.1 Å². The number of aryl methyl sites for hydroxylation is 1. The largest absolute Gasteiger partial charge is 0.457 e. The number of aromatic nitrogens is 1. The van der Waals surface area contributed by atoms with Crippen LogP contribution in [0.2, 0.25) is 0 Å². The standard InChI is InChI=1S/C18H16N2O.4C18H15P.Pd/c1-13-4-8-15(9-5-13)21-16-10-6-14(7-11-16)17-3-2-12-20-18(17)19;4*1-4-10-16(11-5-1)19(17-12-6-2-7-13-17)18-14-8-3-9-15-18;/h2-12H,1H3,(H2,19,20);4*1-15H;. The number of nitrogens with zero attached hydrogens (tertiary/aromatic N) is 1. The van der Waals surface area contributed by atoms with Crippen molar-refractivity contribution in [2.45, 2.75) is 6.92 Å². The summed E-state index contributed by atoms with van der Waals surface area (Å²) in [6.07, 6.45) is 1.69. The molecule has 0 aliphatic rings. The molecule has 0 fully saturated rings. The number of pyridine rings is 1. The van der Waals surface area contributed by atoms with Crippen LogP contribution in [0.15, 0.2) is 431 Å². The average molecular weight is 1430 g/mol. The number of hydrogen-bond acceptors (Lipinski definition) is 3. The van der Waals surface area contributed by atoms with E-state index < -0.39 is 31.7 Å². The first-order valence-corrected chi connectivity index (χ1v) is 37.8. The Kier molecular flexibility index (Phi) is 28.1. The van der Waals surface area contributed by atoms with Gasteiger partial charge in [-0.3, -0.25) is 0 Å². The van der Waals surface area contributed by atoms with Crippen LogP contribution in [0.3, 0.4) is 0 Å². The minimum Gasteiger partial charge on any atom is -0.457 e. The molecular weight excluding hydrogens is 1360 g/mol. The minimum absolute atomic E-state index is 0. The number of benzene rings is 14. The summed E-state index contributed by atoms with van der Waals surface area (Å²) in [7, 11) is -1.78. The Morgan fingerprint density at radius 3 is 0.592 bits per heavy atom. The van der Waals surface area contributed by atoms with Gasteiger partial charge in [0.15, 0.2) is 0 Å². The van der Waals surface area contributed by atoms with Gasteiger partial charge in [-0.25, -0.2) is 4.98 Å². The van der Waals surface area contributed by atoms with E-state index in [0.717, 1.165) is 22.6 Å². The van der Waals surface area contributed by atoms with Crippen LogP contribution in [-0.2, 0) is 20.4 Å². The quantitative estimate of drug-likeness (QED) is 0.0822. The monoisotopic (exact) mass is 1430 g/mol. The molecule has 0 unspecified atom stereocenters. The minimum atomic E-state index is -0.446. The Bertz CT molecular complexity index is 3780. The van der Waals surface area contributed by atoms with Gasteiger partial charge in [0.2, 0.25) is 0 Å². The number of hydrogen-bond donors (Lipinski definition) is 1. The zero-order valence-electron chi connectivity index (χ0n) is 54.5. The van der Waals surface area contributed by atoms with E-state index in [1.807, 2.05) is 60.7 Å². The van der Waals surface area contributed by atoms with Crippen LogP contribution in [0.4, 0.5) is 5.82 Å². The van der Waals surface area contributed by atoms with E-state index in [1.165, 1.54) is 69.2 Å². The molecule has 98 heavy (non-hydrogen) atoms. The van der Waals surface area contributed by atoms with E-state index in [2.05, 4.69) is 376 Å². The third kappa shape index (κ3) is 20.9. The van der Waals surface area contributed by atoms with Crippen LogP contribution in [0.1, 0.15) is 5.56 Å². The number of anilines is 1. The molecule has 15 aromatic rings. The van der Waals surface area contributed by atoms with Crippen LogP contribution in [0, 0.1) is 6.92 Å². The fourth-order valence-electron chi connectivity index (χ4n) is 10.8. The van der Waals surface area contributed by atoms with Gasteiger partial charge in [-0.2, -0.15) is 0 Å². The molecule has 2 N–H and O–H groups in total. The molecular formula is C90H76N2OP4Pd. The third-order valence-corrected chi connectivity index (χ3v) is 25.2. The maximum absolute atomic E-state index is 5.89. The van der Waals surface area contributed by atoms with E-state index in [9.17, 15) is 0 Å². The number of nitrogens with two attached hydrogens (primary N) is 1. The van der Waals surface area contributed by atoms with Crippen molar-refractivity contribution in [2.24, 2.45) is 0 Å². The van der Waals surface area contributed by atoms with Crippen molar-refractivity contribution in [1.29, 1.82) is 0 Å². The molecule has 0 atom stereocenters. The fraction of sp³-hybridized carbons (Fsp3) is 0.0111. The Labute approximate surface area is 598 Å². The number of ether oxygens (including phenoxy) is 1. The van der Waals surface area contributed by atoms with Crippen LogP contribution < -0.4 is 74.1 Å². The first kappa shape index (κ1) is 71.0. The molecule has 8 heteroatoms. The topological polar surface area (TPSA) is 48.1 Å². The van der Waals surface area contributed by atoms with Gasteiger partial charge in [0.05, 0.1) is 0 Å². The predicted molar refractivity (Wildman–Crippen MR) is 426 cm³/mol. The second-order valence-corrected chi connectivity index (χ2v) is 31.1. The Balaban J connectivity index is 0.000000132. The molecule has 0 spiro atoms. The van der Waals surface area contributed by atoms with Crippen molar-refractivity contribution in [3.8, 4) is 22.6 Å². The third-order valence-electron chi connectivity index (χ3n) is 15.4. The summed E-state index contributed by atoms with van der Waals surface area (Å²) in [6, 6.07) is 149. The van der Waals surface area contributed by atoms with Gasteiger partial charge in [-0.15, -0.1) is 0 Å². The van der Waals surface area contributed by atoms with Crippen molar-refractivity contribution >= 4 is 101 Å². The van der Waals surface area contributed by atoms with Crippen molar-refractivity contribution in [1.82, 2.24) is 4.98 Å². The molecule has 482 valence electrons. The molecule has 0 aliphatic carbocycles. The van der Waals surface area contributed by atoms with Crippen LogP contribution >= 0.6 is 31.7 Å². The zero-order chi connectivity index (χ0) is 66.3. The van der Waals surface area contributed by atoms with Crippen LogP contribution in [0.5, 0.6) is 11.5 Å². The summed E-state index contributed by atoms with van der Waals surface area (Å²) in [5, 5.41) is 16.8. The van der Waals surface area contributed by atoms with E-state index in [4.69, 9.17) is 10.5 Å². The maximum Gasteiger partial charge on any atom is 0.131 e. The van der Waals surface area contributed by atoms with Gasteiger partial charge >= 0.3 is 0 Å². The van der Waals surface area contributed by atoms with Gasteiger partial charge in [0, 0.05) is 32.2 Å². The van der Waals surface area contributed by atoms with Crippen LogP contribution in [-0.4, -0.2) is 4.98 Å².